The number of quaternary nitrogens is 1. The van der Waals surface area contributed by atoms with E-state index in [-0.39, 0.29) is 18.4 Å². The fourth-order valence-corrected chi connectivity index (χ4v) is 2.83. The number of carbonyl (C=O) groups is 1. The standard InChI is InChI=1S/C15H19Cl3N2O2/c16-15(17,18)14(19-10-12-7-4-8-22-12)20-13(21)9-11-5-2-1-3-6-11/h1-3,5-6,12,14,19H,4,7-10H2,(H,20,21)/p+1/t12-,14-/m1/s1. The molecule has 4 nitrogen and oxygen atoms in total. The van der Waals surface area contributed by atoms with Crippen LogP contribution in [0.2, 0.25) is 0 Å². The molecule has 1 heterocycles. The summed E-state index contributed by atoms with van der Waals surface area (Å²) in [6.07, 6.45) is 1.82. The van der Waals surface area contributed by atoms with Crippen LogP contribution in [0.1, 0.15) is 18.4 Å². The van der Waals surface area contributed by atoms with E-state index in [1.807, 2.05) is 35.6 Å². The average Bonchev–Trinajstić information content (AvgIpc) is 2.96. The van der Waals surface area contributed by atoms with Crippen LogP contribution in [0.4, 0.5) is 0 Å². The molecule has 0 saturated carbocycles. The summed E-state index contributed by atoms with van der Waals surface area (Å²) in [5, 5.41) is 4.61. The first-order chi connectivity index (χ1) is 10.4. The van der Waals surface area contributed by atoms with Crippen molar-refractivity contribution in [2.75, 3.05) is 13.2 Å². The number of nitrogens with two attached hydrogens (primary N) is 1. The molecule has 2 atom stereocenters. The second-order valence-corrected chi connectivity index (χ2v) is 7.72. The van der Waals surface area contributed by atoms with Gasteiger partial charge in [-0.15, -0.1) is 0 Å². The van der Waals surface area contributed by atoms with Gasteiger partial charge in [-0.25, -0.2) is 0 Å². The minimum absolute atomic E-state index is 0.154. The number of hydrogen-bond acceptors (Lipinski definition) is 2. The van der Waals surface area contributed by atoms with Gasteiger partial charge in [-0.3, -0.25) is 4.79 Å². The van der Waals surface area contributed by atoms with E-state index in [4.69, 9.17) is 39.5 Å². The van der Waals surface area contributed by atoms with Crippen molar-refractivity contribution in [1.29, 1.82) is 0 Å². The molecule has 2 rings (SSSR count). The molecule has 122 valence electrons. The number of hydrogen-bond donors (Lipinski definition) is 2. The molecule has 1 fully saturated rings. The Morgan fingerprint density at radius 1 is 1.36 bits per heavy atom. The number of amides is 1. The zero-order chi connectivity index (χ0) is 16.0. The maximum atomic E-state index is 12.1. The molecule has 1 saturated heterocycles. The largest absolute Gasteiger partial charge is 0.372 e. The number of ether oxygens (including phenoxy) is 1. The van der Waals surface area contributed by atoms with E-state index in [1.54, 1.807) is 0 Å². The maximum Gasteiger partial charge on any atom is 0.262 e. The van der Waals surface area contributed by atoms with E-state index in [1.165, 1.54) is 0 Å². The first-order valence-electron chi connectivity index (χ1n) is 7.30. The van der Waals surface area contributed by atoms with Gasteiger partial charge in [-0.05, 0) is 18.4 Å². The van der Waals surface area contributed by atoms with Crippen LogP contribution in [-0.4, -0.2) is 35.1 Å². The molecule has 1 aliphatic rings. The molecule has 0 radical (unpaired) electrons. The lowest BCUT2D eigenvalue weighted by atomic mass is 10.1. The smallest absolute Gasteiger partial charge is 0.262 e. The van der Waals surface area contributed by atoms with Crippen molar-refractivity contribution in [2.24, 2.45) is 0 Å². The fourth-order valence-electron chi connectivity index (χ4n) is 2.40. The van der Waals surface area contributed by atoms with Crippen LogP contribution in [0.5, 0.6) is 0 Å². The van der Waals surface area contributed by atoms with E-state index in [2.05, 4.69) is 5.32 Å². The Morgan fingerprint density at radius 2 is 2.09 bits per heavy atom. The summed E-state index contributed by atoms with van der Waals surface area (Å²) in [6, 6.07) is 9.46. The molecule has 0 bridgehead atoms. The van der Waals surface area contributed by atoms with Gasteiger partial charge in [0.05, 0.1) is 6.42 Å². The Hall–Kier alpha value is -0.520. The van der Waals surface area contributed by atoms with Crippen molar-refractivity contribution < 1.29 is 14.8 Å². The third-order valence-corrected chi connectivity index (χ3v) is 4.24. The van der Waals surface area contributed by atoms with Crippen molar-refractivity contribution in [3.8, 4) is 0 Å². The summed E-state index contributed by atoms with van der Waals surface area (Å²) in [7, 11) is 0. The molecule has 0 aliphatic carbocycles. The van der Waals surface area contributed by atoms with Gasteiger partial charge >= 0.3 is 0 Å². The Labute approximate surface area is 145 Å². The first-order valence-corrected chi connectivity index (χ1v) is 8.43. The van der Waals surface area contributed by atoms with Crippen LogP contribution in [0.3, 0.4) is 0 Å². The molecule has 0 aromatic heterocycles. The van der Waals surface area contributed by atoms with E-state index >= 15 is 0 Å². The zero-order valence-electron chi connectivity index (χ0n) is 12.1. The molecular formula is C15H20Cl3N2O2+. The van der Waals surface area contributed by atoms with Crippen molar-refractivity contribution in [3.05, 3.63) is 35.9 Å². The molecule has 1 aromatic rings. The predicted molar refractivity (Wildman–Crippen MR) is 88.1 cm³/mol. The lowest BCUT2D eigenvalue weighted by Gasteiger charge is -2.24. The molecule has 1 aliphatic heterocycles. The van der Waals surface area contributed by atoms with Gasteiger partial charge in [0.15, 0.2) is 0 Å². The molecule has 7 heteroatoms. The van der Waals surface area contributed by atoms with Gasteiger partial charge < -0.3 is 15.4 Å². The summed E-state index contributed by atoms with van der Waals surface area (Å²) < 4.78 is 3.97. The van der Waals surface area contributed by atoms with Crippen molar-refractivity contribution in [1.82, 2.24) is 5.32 Å². The summed E-state index contributed by atoms with van der Waals surface area (Å²) >= 11 is 17.9. The molecule has 1 amide bonds. The molecule has 0 unspecified atom stereocenters. The number of halogens is 3. The van der Waals surface area contributed by atoms with Crippen LogP contribution in [0.25, 0.3) is 0 Å². The number of alkyl halides is 3. The summed E-state index contributed by atoms with van der Waals surface area (Å²) in [4.78, 5) is 12.1. The number of nitrogens with one attached hydrogen (secondary N) is 1. The van der Waals surface area contributed by atoms with Crippen molar-refractivity contribution in [3.63, 3.8) is 0 Å². The first kappa shape index (κ1) is 17.8. The van der Waals surface area contributed by atoms with Crippen LogP contribution in [0, 0.1) is 0 Å². The van der Waals surface area contributed by atoms with Gasteiger partial charge in [0.1, 0.15) is 12.6 Å². The number of benzene rings is 1. The molecule has 3 N–H and O–H groups in total. The topological polar surface area (TPSA) is 54.9 Å². The highest BCUT2D eigenvalue weighted by Crippen LogP contribution is 2.27. The highest BCUT2D eigenvalue weighted by Gasteiger charge is 2.38. The second-order valence-electron chi connectivity index (χ2n) is 5.36. The van der Waals surface area contributed by atoms with Crippen molar-refractivity contribution in [2.45, 2.75) is 35.3 Å². The quantitative estimate of drug-likeness (QED) is 0.596. The Morgan fingerprint density at radius 3 is 2.68 bits per heavy atom. The van der Waals surface area contributed by atoms with Gasteiger partial charge in [0, 0.05) is 6.61 Å². The third-order valence-electron chi connectivity index (χ3n) is 3.54. The monoisotopic (exact) mass is 365 g/mol. The van der Waals surface area contributed by atoms with Crippen LogP contribution in [-0.2, 0) is 16.0 Å². The van der Waals surface area contributed by atoms with Crippen LogP contribution >= 0.6 is 34.8 Å². The zero-order valence-corrected chi connectivity index (χ0v) is 14.4. The van der Waals surface area contributed by atoms with E-state index in [0.717, 1.165) is 25.0 Å². The third kappa shape index (κ3) is 5.94. The van der Waals surface area contributed by atoms with Gasteiger partial charge in [0.25, 0.3) is 3.79 Å². The summed E-state index contributed by atoms with van der Waals surface area (Å²) in [5.41, 5.74) is 0.919. The maximum absolute atomic E-state index is 12.1. The second kappa shape index (κ2) is 8.37. The van der Waals surface area contributed by atoms with Gasteiger partial charge in [-0.1, -0.05) is 65.1 Å². The van der Waals surface area contributed by atoms with E-state index < -0.39 is 9.96 Å². The molecule has 0 spiro atoms. The Balaban J connectivity index is 1.87. The van der Waals surface area contributed by atoms with Gasteiger partial charge in [0.2, 0.25) is 12.1 Å². The highest BCUT2D eigenvalue weighted by molar-refractivity contribution is 6.68. The predicted octanol–water partition coefficient (Wildman–Crippen LogP) is 1.78. The Kier molecular flexibility index (Phi) is 6.78. The van der Waals surface area contributed by atoms with Gasteiger partial charge in [-0.2, -0.15) is 0 Å². The minimum Gasteiger partial charge on any atom is -0.372 e. The lowest BCUT2D eigenvalue weighted by molar-refractivity contribution is -0.697. The van der Waals surface area contributed by atoms with E-state index in [0.29, 0.717) is 6.54 Å². The van der Waals surface area contributed by atoms with Crippen LogP contribution in [0.15, 0.2) is 30.3 Å². The Bertz CT molecular complexity index is 473. The number of rotatable bonds is 6. The van der Waals surface area contributed by atoms with Crippen molar-refractivity contribution >= 4 is 40.7 Å². The molecule has 22 heavy (non-hydrogen) atoms. The fraction of sp³-hybridized carbons (Fsp3) is 0.533. The summed E-state index contributed by atoms with van der Waals surface area (Å²) in [6.45, 7) is 1.43. The molecular weight excluding hydrogens is 347 g/mol. The average molecular weight is 367 g/mol. The SMILES string of the molecule is O=C(Cc1ccccc1)N[C@@H]([NH2+]C[C@H]1CCCO1)C(Cl)(Cl)Cl. The van der Waals surface area contributed by atoms with E-state index in [9.17, 15) is 4.79 Å². The highest BCUT2D eigenvalue weighted by atomic mass is 35.6. The minimum atomic E-state index is -1.58. The van der Waals surface area contributed by atoms with Crippen LogP contribution < -0.4 is 10.6 Å². The lowest BCUT2D eigenvalue weighted by Crippen LogP contribution is -2.97. The molecule has 1 aromatic carbocycles. The summed E-state index contributed by atoms with van der Waals surface area (Å²) in [5.74, 6) is -0.175. The normalized spacial score (nSPS) is 19.9. The number of carbonyl (C=O) groups excluding carboxylic acids is 1.